The monoisotopic (exact) mass is 414 g/mol. The van der Waals surface area contributed by atoms with Crippen LogP contribution >= 0.6 is 11.6 Å². The van der Waals surface area contributed by atoms with E-state index in [1.54, 1.807) is 24.3 Å². The Kier molecular flexibility index (Phi) is 5.94. The maximum atomic E-state index is 12.2. The summed E-state index contributed by atoms with van der Waals surface area (Å²) in [7, 11) is 1.50. The summed E-state index contributed by atoms with van der Waals surface area (Å²) < 4.78 is 16.0. The second-order valence-electron chi connectivity index (χ2n) is 5.77. The number of nitro groups is 1. The maximum absolute atomic E-state index is 12.2. The third kappa shape index (κ3) is 4.44. The molecule has 9 heteroatoms. The fraction of sp³-hybridized carbons (Fsp3) is 0.100. The van der Waals surface area contributed by atoms with Crippen molar-refractivity contribution in [3.63, 3.8) is 0 Å². The van der Waals surface area contributed by atoms with Crippen LogP contribution in [0.1, 0.15) is 11.1 Å². The van der Waals surface area contributed by atoms with Gasteiger partial charge in [-0.15, -0.1) is 0 Å². The molecule has 1 aliphatic rings. The van der Waals surface area contributed by atoms with Gasteiger partial charge in [-0.25, -0.2) is 9.79 Å². The van der Waals surface area contributed by atoms with E-state index in [1.807, 2.05) is 0 Å². The van der Waals surface area contributed by atoms with E-state index in [-0.39, 0.29) is 27.9 Å². The van der Waals surface area contributed by atoms with E-state index in [9.17, 15) is 14.9 Å². The zero-order chi connectivity index (χ0) is 21.0. The minimum atomic E-state index is -0.666. The molecule has 0 atom stereocenters. The zero-order valence-electron chi connectivity index (χ0n) is 15.3. The molecule has 0 saturated carbocycles. The molecule has 0 spiro atoms. The number of non-ortho nitro benzene ring substituents is 1. The van der Waals surface area contributed by atoms with Gasteiger partial charge in [-0.1, -0.05) is 30.3 Å². The van der Waals surface area contributed by atoms with Crippen molar-refractivity contribution in [3.8, 4) is 11.5 Å². The summed E-state index contributed by atoms with van der Waals surface area (Å²) in [5.41, 5.74) is 0.792. The maximum Gasteiger partial charge on any atom is 0.363 e. The number of methoxy groups -OCH3 is 1. The highest BCUT2D eigenvalue weighted by atomic mass is 35.5. The lowest BCUT2D eigenvalue weighted by atomic mass is 10.1. The van der Waals surface area contributed by atoms with Gasteiger partial charge in [-0.05, 0) is 29.8 Å². The molecule has 0 amide bonds. The summed E-state index contributed by atoms with van der Waals surface area (Å²) in [4.78, 5) is 26.6. The molecule has 2 aromatic rings. The molecule has 0 bridgehead atoms. The quantitative estimate of drug-likeness (QED) is 0.221. The number of carbonyl (C=O) groups excluding carboxylic acids is 1. The Morgan fingerprint density at radius 3 is 2.72 bits per heavy atom. The molecule has 2 aromatic carbocycles. The van der Waals surface area contributed by atoms with Gasteiger partial charge in [-0.3, -0.25) is 10.1 Å². The van der Waals surface area contributed by atoms with E-state index < -0.39 is 10.9 Å². The first-order valence-electron chi connectivity index (χ1n) is 8.31. The summed E-state index contributed by atoms with van der Waals surface area (Å²) in [6.07, 6.45) is 3.14. The summed E-state index contributed by atoms with van der Waals surface area (Å²) in [5.74, 6) is 0.319. The van der Waals surface area contributed by atoms with Gasteiger partial charge in [0.05, 0.1) is 22.6 Å². The number of hydrogen-bond acceptors (Lipinski definition) is 7. The van der Waals surface area contributed by atoms with Crippen LogP contribution in [0, 0.1) is 10.1 Å². The Hall–Kier alpha value is -3.65. The first kappa shape index (κ1) is 20.1. The van der Waals surface area contributed by atoms with Crippen LogP contribution < -0.4 is 9.47 Å². The van der Waals surface area contributed by atoms with Crippen molar-refractivity contribution >= 4 is 35.2 Å². The summed E-state index contributed by atoms with van der Waals surface area (Å²) in [6, 6.07) is 8.92. The lowest BCUT2D eigenvalue weighted by Gasteiger charge is -2.09. The predicted molar refractivity (Wildman–Crippen MR) is 107 cm³/mol. The highest BCUT2D eigenvalue weighted by Crippen LogP contribution is 2.31. The van der Waals surface area contributed by atoms with Crippen molar-refractivity contribution < 1.29 is 23.9 Å². The van der Waals surface area contributed by atoms with E-state index >= 15 is 0 Å². The SMILES string of the molecule is C=CCOc1ccc(C=C2N=C(c3ccc([N+](=O)[O-])cc3Cl)OC2=O)cc1OC. The number of cyclic esters (lactones) is 1. The molecule has 0 aliphatic carbocycles. The Morgan fingerprint density at radius 1 is 1.28 bits per heavy atom. The van der Waals surface area contributed by atoms with Crippen molar-refractivity contribution in [3.05, 3.63) is 81.0 Å². The summed E-state index contributed by atoms with van der Waals surface area (Å²) >= 11 is 6.07. The van der Waals surface area contributed by atoms with E-state index in [1.165, 1.54) is 31.4 Å². The first-order chi connectivity index (χ1) is 13.9. The molecule has 29 heavy (non-hydrogen) atoms. The number of carbonyl (C=O) groups is 1. The van der Waals surface area contributed by atoms with E-state index in [0.29, 0.717) is 23.7 Å². The average molecular weight is 415 g/mol. The number of hydrogen-bond donors (Lipinski definition) is 0. The number of nitro benzene ring substituents is 1. The van der Waals surface area contributed by atoms with Crippen LogP contribution in [0.2, 0.25) is 5.02 Å². The van der Waals surface area contributed by atoms with Gasteiger partial charge in [0.2, 0.25) is 5.90 Å². The normalized spacial score (nSPS) is 14.3. The topological polar surface area (TPSA) is 100 Å². The third-order valence-electron chi connectivity index (χ3n) is 3.86. The van der Waals surface area contributed by atoms with Crippen LogP contribution in [0.5, 0.6) is 11.5 Å². The highest BCUT2D eigenvalue weighted by molar-refractivity contribution is 6.34. The third-order valence-corrected chi connectivity index (χ3v) is 4.17. The molecular weight excluding hydrogens is 400 g/mol. The lowest BCUT2D eigenvalue weighted by Crippen LogP contribution is -2.06. The molecular formula is C20H15ClN2O6. The van der Waals surface area contributed by atoms with Gasteiger partial charge in [0.1, 0.15) is 6.61 Å². The summed E-state index contributed by atoms with van der Waals surface area (Å²) in [5, 5.41) is 10.9. The second kappa shape index (κ2) is 8.57. The van der Waals surface area contributed by atoms with Crippen molar-refractivity contribution in [1.82, 2.24) is 0 Å². The van der Waals surface area contributed by atoms with Crippen LogP contribution in [0.25, 0.3) is 6.08 Å². The second-order valence-corrected chi connectivity index (χ2v) is 6.17. The lowest BCUT2D eigenvalue weighted by molar-refractivity contribution is -0.384. The van der Waals surface area contributed by atoms with Gasteiger partial charge < -0.3 is 14.2 Å². The van der Waals surface area contributed by atoms with Gasteiger partial charge in [-0.2, -0.15) is 0 Å². The number of rotatable bonds is 7. The average Bonchev–Trinajstić information content (AvgIpc) is 3.06. The van der Waals surface area contributed by atoms with Gasteiger partial charge in [0.15, 0.2) is 17.2 Å². The first-order valence-corrected chi connectivity index (χ1v) is 8.69. The molecule has 8 nitrogen and oxygen atoms in total. The highest BCUT2D eigenvalue weighted by Gasteiger charge is 2.26. The molecule has 0 fully saturated rings. The van der Waals surface area contributed by atoms with Crippen molar-refractivity contribution in [1.29, 1.82) is 0 Å². The summed E-state index contributed by atoms with van der Waals surface area (Å²) in [6.45, 7) is 3.92. The molecule has 3 rings (SSSR count). The number of aliphatic imine (C=N–C) groups is 1. The van der Waals surface area contributed by atoms with Gasteiger partial charge in [0, 0.05) is 12.1 Å². The van der Waals surface area contributed by atoms with Crippen molar-refractivity contribution in [2.45, 2.75) is 0 Å². The molecule has 1 aliphatic heterocycles. The fourth-order valence-corrected chi connectivity index (χ4v) is 2.77. The number of ether oxygens (including phenoxy) is 3. The Balaban J connectivity index is 1.91. The van der Waals surface area contributed by atoms with E-state index in [4.69, 9.17) is 25.8 Å². The Bertz CT molecular complexity index is 1060. The Labute approximate surface area is 170 Å². The molecule has 148 valence electrons. The van der Waals surface area contributed by atoms with Gasteiger partial charge >= 0.3 is 5.97 Å². The van der Waals surface area contributed by atoms with Crippen LogP contribution in [-0.2, 0) is 9.53 Å². The molecule has 0 unspecified atom stereocenters. The number of nitrogens with zero attached hydrogens (tertiary/aromatic N) is 2. The smallest absolute Gasteiger partial charge is 0.363 e. The van der Waals surface area contributed by atoms with E-state index in [2.05, 4.69) is 11.6 Å². The largest absolute Gasteiger partial charge is 0.493 e. The van der Waals surface area contributed by atoms with Crippen molar-refractivity contribution in [2.75, 3.05) is 13.7 Å². The zero-order valence-corrected chi connectivity index (χ0v) is 16.0. The van der Waals surface area contributed by atoms with Crippen molar-refractivity contribution in [2.24, 2.45) is 4.99 Å². The minimum absolute atomic E-state index is 0.0287. The molecule has 0 N–H and O–H groups in total. The van der Waals surface area contributed by atoms with Crippen LogP contribution in [0.3, 0.4) is 0 Å². The van der Waals surface area contributed by atoms with Gasteiger partial charge in [0.25, 0.3) is 5.69 Å². The predicted octanol–water partition coefficient (Wildman–Crippen LogP) is 4.17. The molecule has 0 radical (unpaired) electrons. The number of esters is 1. The van der Waals surface area contributed by atoms with Crippen LogP contribution in [0.15, 0.2) is 59.7 Å². The molecule has 0 aromatic heterocycles. The molecule has 1 heterocycles. The molecule has 0 saturated heterocycles. The Morgan fingerprint density at radius 2 is 2.07 bits per heavy atom. The fourth-order valence-electron chi connectivity index (χ4n) is 2.52. The number of halogens is 1. The van der Waals surface area contributed by atoms with Crippen LogP contribution in [-0.4, -0.2) is 30.5 Å². The number of benzene rings is 2. The van der Waals surface area contributed by atoms with E-state index in [0.717, 1.165) is 0 Å². The minimum Gasteiger partial charge on any atom is -0.493 e. The standard InChI is InChI=1S/C20H15ClN2O6/c1-3-8-28-17-7-4-12(10-18(17)27-2)9-16-20(24)29-19(22-16)14-6-5-13(23(25)26)11-15(14)21/h3-7,9-11H,1,8H2,2H3. The van der Waals surface area contributed by atoms with Crippen LogP contribution in [0.4, 0.5) is 5.69 Å².